The molecule has 5 rings (SSSR count). The van der Waals surface area contributed by atoms with Gasteiger partial charge in [0.2, 0.25) is 0 Å². The average molecular weight is 514 g/mol. The van der Waals surface area contributed by atoms with Crippen molar-refractivity contribution in [2.75, 3.05) is 46.3 Å². The predicted molar refractivity (Wildman–Crippen MR) is 124 cm³/mol. The SMILES string of the molecule is CN1CC2(C1)CN(Cc1ccco1)CC21CCCN(C(=O)c2ccsc2)CC1.O=C(O)C(F)(F)F. The number of carboxylic acids is 1. The van der Waals surface area contributed by atoms with Gasteiger partial charge in [-0.05, 0) is 55.3 Å². The zero-order chi connectivity index (χ0) is 25.3. The molecule has 1 unspecified atom stereocenters. The zero-order valence-corrected chi connectivity index (χ0v) is 20.4. The molecule has 192 valence electrons. The second-order valence-corrected chi connectivity index (χ2v) is 10.7. The first kappa shape index (κ1) is 25.7. The number of likely N-dealkylation sites (tertiary alicyclic amines) is 3. The molecule has 1 atom stereocenters. The van der Waals surface area contributed by atoms with Crippen LogP contribution in [0.3, 0.4) is 0 Å². The van der Waals surface area contributed by atoms with Crippen molar-refractivity contribution in [3.63, 3.8) is 0 Å². The van der Waals surface area contributed by atoms with Crippen LogP contribution in [-0.4, -0.2) is 84.2 Å². The Hall–Kier alpha value is -2.37. The van der Waals surface area contributed by atoms with Crippen LogP contribution in [0, 0.1) is 10.8 Å². The van der Waals surface area contributed by atoms with Crippen LogP contribution in [0.5, 0.6) is 0 Å². The molecule has 5 heterocycles. The third-order valence-corrected chi connectivity index (χ3v) is 8.21. The van der Waals surface area contributed by atoms with Gasteiger partial charge in [0.25, 0.3) is 5.91 Å². The number of rotatable bonds is 3. The Bertz CT molecular complexity index is 1010. The summed E-state index contributed by atoms with van der Waals surface area (Å²) < 4.78 is 37.4. The van der Waals surface area contributed by atoms with Gasteiger partial charge in [0, 0.05) is 50.1 Å². The minimum atomic E-state index is -5.08. The molecule has 2 aromatic rings. The summed E-state index contributed by atoms with van der Waals surface area (Å²) in [5, 5.41) is 11.1. The minimum Gasteiger partial charge on any atom is -0.475 e. The van der Waals surface area contributed by atoms with Crippen LogP contribution in [0.25, 0.3) is 0 Å². The maximum absolute atomic E-state index is 12.9. The lowest BCUT2D eigenvalue weighted by atomic mass is 9.58. The van der Waals surface area contributed by atoms with E-state index in [0.29, 0.717) is 10.8 Å². The number of alkyl halides is 3. The van der Waals surface area contributed by atoms with Gasteiger partial charge in [0.05, 0.1) is 18.4 Å². The molecule has 3 aliphatic rings. The number of halogens is 3. The highest BCUT2D eigenvalue weighted by Gasteiger charge is 2.61. The predicted octanol–water partition coefficient (Wildman–Crippen LogP) is 4.03. The minimum absolute atomic E-state index is 0.212. The Labute approximate surface area is 206 Å². The average Bonchev–Trinajstić information content (AvgIpc) is 3.49. The van der Waals surface area contributed by atoms with Crippen LogP contribution in [0.15, 0.2) is 39.6 Å². The lowest BCUT2D eigenvalue weighted by molar-refractivity contribution is -0.192. The van der Waals surface area contributed by atoms with Crippen LogP contribution in [0.4, 0.5) is 13.2 Å². The molecular weight excluding hydrogens is 483 g/mol. The summed E-state index contributed by atoms with van der Waals surface area (Å²) in [5.74, 6) is -1.49. The molecule has 7 nitrogen and oxygen atoms in total. The zero-order valence-electron chi connectivity index (χ0n) is 19.6. The van der Waals surface area contributed by atoms with Crippen LogP contribution in [-0.2, 0) is 11.3 Å². The number of aliphatic carboxylic acids is 1. The van der Waals surface area contributed by atoms with Crippen molar-refractivity contribution in [1.82, 2.24) is 14.7 Å². The molecule has 3 saturated heterocycles. The van der Waals surface area contributed by atoms with Gasteiger partial charge in [0.15, 0.2) is 0 Å². The summed E-state index contributed by atoms with van der Waals surface area (Å²) in [6.07, 6.45) is 0.137. The molecule has 3 aliphatic heterocycles. The molecular formula is C24H30F3N3O4S. The lowest BCUT2D eigenvalue weighted by Crippen LogP contribution is -2.63. The van der Waals surface area contributed by atoms with Crippen molar-refractivity contribution in [1.29, 1.82) is 0 Å². The van der Waals surface area contributed by atoms with E-state index in [-0.39, 0.29) is 5.91 Å². The van der Waals surface area contributed by atoms with E-state index < -0.39 is 12.1 Å². The first-order valence-electron chi connectivity index (χ1n) is 11.6. The van der Waals surface area contributed by atoms with Gasteiger partial charge in [-0.1, -0.05) is 0 Å². The Morgan fingerprint density at radius 2 is 1.83 bits per heavy atom. The van der Waals surface area contributed by atoms with Gasteiger partial charge >= 0.3 is 12.1 Å². The molecule has 0 bridgehead atoms. The largest absolute Gasteiger partial charge is 0.490 e. The van der Waals surface area contributed by atoms with Gasteiger partial charge < -0.3 is 19.3 Å². The first-order chi connectivity index (χ1) is 16.5. The number of nitrogens with zero attached hydrogens (tertiary/aromatic N) is 3. The summed E-state index contributed by atoms with van der Waals surface area (Å²) in [6, 6.07) is 6.02. The van der Waals surface area contributed by atoms with Crippen LogP contribution >= 0.6 is 11.3 Å². The molecule has 1 amide bonds. The van der Waals surface area contributed by atoms with E-state index in [1.54, 1.807) is 17.6 Å². The Morgan fingerprint density at radius 1 is 1.11 bits per heavy atom. The number of carbonyl (C=O) groups excluding carboxylic acids is 1. The molecule has 0 aliphatic carbocycles. The number of furan rings is 1. The fourth-order valence-electron chi connectivity index (χ4n) is 6.06. The second-order valence-electron chi connectivity index (χ2n) is 9.92. The summed E-state index contributed by atoms with van der Waals surface area (Å²) >= 11 is 1.60. The number of carbonyl (C=O) groups is 2. The highest BCUT2D eigenvalue weighted by atomic mass is 32.1. The Balaban J connectivity index is 0.000000364. The number of hydrogen-bond donors (Lipinski definition) is 1. The summed E-state index contributed by atoms with van der Waals surface area (Å²) in [5.41, 5.74) is 1.54. The molecule has 0 aromatic carbocycles. The standard InChI is InChI=1S/C22H29N3O2S.C2HF3O2/c1-23-14-22(15-23)17-24(12-19-4-2-10-27-19)16-21(22)6-3-8-25(9-7-21)20(26)18-5-11-28-13-18;3-2(4,5)1(6)7/h2,4-5,10-11,13H,3,6-9,12,14-17H2,1H3;(H,6,7). The molecule has 0 radical (unpaired) electrons. The number of fused-ring (bicyclic) bond motifs is 1. The van der Waals surface area contributed by atoms with Gasteiger partial charge in [-0.15, -0.1) is 0 Å². The van der Waals surface area contributed by atoms with E-state index in [4.69, 9.17) is 14.3 Å². The third-order valence-electron chi connectivity index (χ3n) is 7.52. The normalized spacial score (nSPS) is 24.6. The van der Waals surface area contributed by atoms with Gasteiger partial charge in [-0.25, -0.2) is 4.79 Å². The highest BCUT2D eigenvalue weighted by molar-refractivity contribution is 7.08. The molecule has 2 aromatic heterocycles. The molecule has 35 heavy (non-hydrogen) atoms. The molecule has 3 fully saturated rings. The van der Waals surface area contributed by atoms with E-state index in [1.165, 1.54) is 19.5 Å². The van der Waals surface area contributed by atoms with Crippen molar-refractivity contribution in [3.05, 3.63) is 46.5 Å². The van der Waals surface area contributed by atoms with Crippen molar-refractivity contribution in [2.45, 2.75) is 32.0 Å². The van der Waals surface area contributed by atoms with E-state index in [0.717, 1.165) is 56.9 Å². The van der Waals surface area contributed by atoms with E-state index >= 15 is 0 Å². The maximum Gasteiger partial charge on any atom is 0.490 e. The quantitative estimate of drug-likeness (QED) is 0.668. The van der Waals surface area contributed by atoms with Crippen molar-refractivity contribution in [2.24, 2.45) is 10.8 Å². The van der Waals surface area contributed by atoms with Crippen LogP contribution in [0.1, 0.15) is 35.4 Å². The molecule has 11 heteroatoms. The van der Waals surface area contributed by atoms with Gasteiger partial charge in [-0.3, -0.25) is 9.69 Å². The van der Waals surface area contributed by atoms with Crippen molar-refractivity contribution >= 4 is 23.2 Å². The lowest BCUT2D eigenvalue weighted by Gasteiger charge is -2.56. The summed E-state index contributed by atoms with van der Waals surface area (Å²) in [4.78, 5) is 28.9. The summed E-state index contributed by atoms with van der Waals surface area (Å²) in [7, 11) is 2.23. The number of amides is 1. The Morgan fingerprint density at radius 3 is 2.40 bits per heavy atom. The monoisotopic (exact) mass is 513 g/mol. The number of carboxylic acid groups (broad SMARTS) is 1. The third kappa shape index (κ3) is 5.41. The van der Waals surface area contributed by atoms with E-state index in [1.807, 2.05) is 22.9 Å². The maximum atomic E-state index is 12.9. The van der Waals surface area contributed by atoms with E-state index in [2.05, 4.69) is 27.8 Å². The fourth-order valence-corrected chi connectivity index (χ4v) is 6.69. The fraction of sp³-hybridized carbons (Fsp3) is 0.583. The number of hydrogen-bond acceptors (Lipinski definition) is 6. The van der Waals surface area contributed by atoms with Crippen molar-refractivity contribution < 1.29 is 32.3 Å². The molecule has 0 saturated carbocycles. The smallest absolute Gasteiger partial charge is 0.475 e. The van der Waals surface area contributed by atoms with E-state index in [9.17, 15) is 18.0 Å². The van der Waals surface area contributed by atoms with Gasteiger partial charge in [-0.2, -0.15) is 24.5 Å². The van der Waals surface area contributed by atoms with Crippen LogP contribution < -0.4 is 0 Å². The summed E-state index contributed by atoms with van der Waals surface area (Å²) in [6.45, 7) is 7.31. The van der Waals surface area contributed by atoms with Gasteiger partial charge in [0.1, 0.15) is 5.76 Å². The molecule has 2 spiro atoms. The number of thiophene rings is 1. The molecule has 1 N–H and O–H groups in total. The van der Waals surface area contributed by atoms with Crippen molar-refractivity contribution in [3.8, 4) is 0 Å². The highest BCUT2D eigenvalue weighted by Crippen LogP contribution is 2.57. The van der Waals surface area contributed by atoms with Crippen LogP contribution in [0.2, 0.25) is 0 Å². The Kier molecular flexibility index (Phi) is 7.31. The second kappa shape index (κ2) is 9.94. The topological polar surface area (TPSA) is 77.2 Å². The first-order valence-corrected chi connectivity index (χ1v) is 12.5.